The number of hydrogen-bond acceptors (Lipinski definition) is 5. The molecular formula is C12H23BrN4O2S. The van der Waals surface area contributed by atoms with Crippen LogP contribution in [0.15, 0.2) is 10.7 Å². The minimum atomic E-state index is -3.14. The Kier molecular flexibility index (Phi) is 6.18. The monoisotopic (exact) mass is 366 g/mol. The van der Waals surface area contributed by atoms with E-state index in [4.69, 9.17) is 0 Å². The lowest BCUT2D eigenvalue weighted by atomic mass is 10.1. The Balaban J connectivity index is 3.12. The molecule has 0 bridgehead atoms. The van der Waals surface area contributed by atoms with E-state index in [2.05, 4.69) is 31.2 Å². The molecule has 0 saturated carbocycles. The van der Waals surface area contributed by atoms with Crippen LogP contribution >= 0.6 is 15.9 Å². The molecule has 0 aliphatic heterocycles. The van der Waals surface area contributed by atoms with Crippen LogP contribution in [-0.4, -0.2) is 62.3 Å². The summed E-state index contributed by atoms with van der Waals surface area (Å²) < 4.78 is 26.3. The van der Waals surface area contributed by atoms with Gasteiger partial charge in [-0.05, 0) is 44.0 Å². The maximum Gasteiger partial charge on any atom is 0.151 e. The zero-order chi connectivity index (χ0) is 15.5. The van der Waals surface area contributed by atoms with Gasteiger partial charge in [-0.1, -0.05) is 0 Å². The molecule has 1 aromatic rings. The fourth-order valence-electron chi connectivity index (χ4n) is 1.99. The standard InChI is InChI=1S/C12H23BrN4O2S/c1-9(20(5,18)19)11(14-2)12-10(13)8-15-17(12)7-6-16(3)4/h8-9,11,14H,6-7H2,1-5H3. The van der Waals surface area contributed by atoms with Gasteiger partial charge < -0.3 is 10.2 Å². The molecule has 0 amide bonds. The quantitative estimate of drug-likeness (QED) is 0.776. The molecule has 8 heteroatoms. The van der Waals surface area contributed by atoms with Gasteiger partial charge in [-0.25, -0.2) is 8.42 Å². The molecule has 116 valence electrons. The van der Waals surface area contributed by atoms with Crippen LogP contribution in [0.4, 0.5) is 0 Å². The average Bonchev–Trinajstić information content (AvgIpc) is 2.68. The van der Waals surface area contributed by atoms with Crippen molar-refractivity contribution in [2.45, 2.75) is 24.8 Å². The summed E-state index contributed by atoms with van der Waals surface area (Å²) in [6.45, 7) is 3.26. The van der Waals surface area contributed by atoms with Crippen LogP contribution in [-0.2, 0) is 16.4 Å². The highest BCUT2D eigenvalue weighted by Gasteiger charge is 2.30. The van der Waals surface area contributed by atoms with Crippen LogP contribution in [0, 0.1) is 0 Å². The van der Waals surface area contributed by atoms with Gasteiger partial charge >= 0.3 is 0 Å². The Morgan fingerprint density at radius 1 is 1.50 bits per heavy atom. The third kappa shape index (κ3) is 4.28. The first-order chi connectivity index (χ1) is 9.18. The number of rotatable bonds is 7. The molecule has 0 radical (unpaired) electrons. The second kappa shape index (κ2) is 7.02. The number of nitrogens with one attached hydrogen (secondary N) is 1. The predicted octanol–water partition coefficient (Wildman–Crippen LogP) is 0.901. The SMILES string of the molecule is CNC(c1c(Br)cnn1CCN(C)C)C(C)S(C)(=O)=O. The lowest BCUT2D eigenvalue weighted by Crippen LogP contribution is -2.35. The molecule has 0 aliphatic rings. The van der Waals surface area contributed by atoms with E-state index < -0.39 is 15.1 Å². The van der Waals surface area contributed by atoms with Crippen molar-refractivity contribution in [1.82, 2.24) is 20.0 Å². The van der Waals surface area contributed by atoms with E-state index >= 15 is 0 Å². The molecule has 2 unspecified atom stereocenters. The van der Waals surface area contributed by atoms with Gasteiger partial charge in [0, 0.05) is 12.8 Å². The van der Waals surface area contributed by atoms with Crippen molar-refractivity contribution in [1.29, 1.82) is 0 Å². The van der Waals surface area contributed by atoms with Crippen LogP contribution in [0.5, 0.6) is 0 Å². The van der Waals surface area contributed by atoms with Gasteiger partial charge in [-0.15, -0.1) is 0 Å². The van der Waals surface area contributed by atoms with Crippen LogP contribution in [0.2, 0.25) is 0 Å². The molecule has 0 spiro atoms. The van der Waals surface area contributed by atoms with Crippen molar-refractivity contribution in [3.05, 3.63) is 16.4 Å². The molecule has 1 aromatic heterocycles. The highest BCUT2D eigenvalue weighted by Crippen LogP contribution is 2.28. The number of halogens is 1. The van der Waals surface area contributed by atoms with E-state index in [0.717, 1.165) is 16.7 Å². The van der Waals surface area contributed by atoms with E-state index in [0.29, 0.717) is 6.54 Å². The number of hydrogen-bond donors (Lipinski definition) is 1. The summed E-state index contributed by atoms with van der Waals surface area (Å²) in [5, 5.41) is 6.90. The molecule has 1 N–H and O–H groups in total. The highest BCUT2D eigenvalue weighted by atomic mass is 79.9. The summed E-state index contributed by atoms with van der Waals surface area (Å²) in [6, 6.07) is -0.302. The Labute approximate surface area is 129 Å². The Bertz CT molecular complexity index is 542. The van der Waals surface area contributed by atoms with Crippen molar-refractivity contribution >= 4 is 25.8 Å². The van der Waals surface area contributed by atoms with Crippen molar-refractivity contribution in [3.8, 4) is 0 Å². The molecule has 0 aliphatic carbocycles. The lowest BCUT2D eigenvalue weighted by Gasteiger charge is -2.24. The summed E-state index contributed by atoms with van der Waals surface area (Å²) >= 11 is 3.47. The van der Waals surface area contributed by atoms with E-state index in [-0.39, 0.29) is 6.04 Å². The minimum Gasteiger partial charge on any atom is -0.311 e. The third-order valence-corrected chi connectivity index (χ3v) is 5.58. The summed E-state index contributed by atoms with van der Waals surface area (Å²) in [5.41, 5.74) is 0.868. The van der Waals surface area contributed by atoms with Gasteiger partial charge in [0.15, 0.2) is 9.84 Å². The van der Waals surface area contributed by atoms with Crippen molar-refractivity contribution in [3.63, 3.8) is 0 Å². The largest absolute Gasteiger partial charge is 0.311 e. The zero-order valence-electron chi connectivity index (χ0n) is 12.6. The Morgan fingerprint density at radius 2 is 2.10 bits per heavy atom. The first-order valence-corrected chi connectivity index (χ1v) is 9.15. The molecule has 0 saturated heterocycles. The van der Waals surface area contributed by atoms with Crippen LogP contribution in [0.1, 0.15) is 18.7 Å². The van der Waals surface area contributed by atoms with Crippen LogP contribution < -0.4 is 5.32 Å². The number of likely N-dealkylation sites (N-methyl/N-ethyl adjacent to an activating group) is 1. The van der Waals surface area contributed by atoms with Gasteiger partial charge in [0.1, 0.15) is 0 Å². The van der Waals surface area contributed by atoms with Gasteiger partial charge in [0.25, 0.3) is 0 Å². The first kappa shape index (κ1) is 17.6. The molecule has 20 heavy (non-hydrogen) atoms. The summed E-state index contributed by atoms with van der Waals surface area (Å²) in [5.74, 6) is 0. The second-order valence-electron chi connectivity index (χ2n) is 5.21. The fourth-order valence-corrected chi connectivity index (χ4v) is 3.30. The maximum absolute atomic E-state index is 11.8. The summed E-state index contributed by atoms with van der Waals surface area (Å²) in [7, 11) is 2.61. The number of sulfone groups is 1. The highest BCUT2D eigenvalue weighted by molar-refractivity contribution is 9.10. The average molecular weight is 367 g/mol. The summed E-state index contributed by atoms with van der Waals surface area (Å²) in [6.07, 6.45) is 2.97. The smallest absolute Gasteiger partial charge is 0.151 e. The molecule has 0 aromatic carbocycles. The van der Waals surface area contributed by atoms with E-state index in [1.54, 1.807) is 20.2 Å². The predicted molar refractivity (Wildman–Crippen MR) is 84.6 cm³/mol. The molecular weight excluding hydrogens is 344 g/mol. The first-order valence-electron chi connectivity index (χ1n) is 6.40. The van der Waals surface area contributed by atoms with E-state index in [1.807, 2.05) is 18.8 Å². The topological polar surface area (TPSA) is 67.2 Å². The van der Waals surface area contributed by atoms with Crippen LogP contribution in [0.25, 0.3) is 0 Å². The van der Waals surface area contributed by atoms with E-state index in [1.165, 1.54) is 6.26 Å². The van der Waals surface area contributed by atoms with Crippen molar-refractivity contribution < 1.29 is 8.42 Å². The zero-order valence-corrected chi connectivity index (χ0v) is 15.0. The molecule has 1 rings (SSSR count). The fraction of sp³-hybridized carbons (Fsp3) is 0.750. The van der Waals surface area contributed by atoms with Crippen LogP contribution in [0.3, 0.4) is 0 Å². The lowest BCUT2D eigenvalue weighted by molar-refractivity contribution is 0.362. The summed E-state index contributed by atoms with van der Waals surface area (Å²) in [4.78, 5) is 2.06. The van der Waals surface area contributed by atoms with Gasteiger partial charge in [0.05, 0.1) is 34.2 Å². The Hall–Kier alpha value is -0.440. The minimum absolute atomic E-state index is 0.302. The van der Waals surface area contributed by atoms with Gasteiger partial charge in [-0.3, -0.25) is 4.68 Å². The molecule has 1 heterocycles. The Morgan fingerprint density at radius 3 is 2.55 bits per heavy atom. The van der Waals surface area contributed by atoms with Gasteiger partial charge in [0.2, 0.25) is 0 Å². The molecule has 0 fully saturated rings. The van der Waals surface area contributed by atoms with Crippen molar-refractivity contribution in [2.24, 2.45) is 0 Å². The third-order valence-electron chi connectivity index (χ3n) is 3.34. The maximum atomic E-state index is 11.8. The second-order valence-corrected chi connectivity index (χ2v) is 8.46. The molecule has 2 atom stereocenters. The number of nitrogens with zero attached hydrogens (tertiary/aromatic N) is 3. The van der Waals surface area contributed by atoms with Crippen molar-refractivity contribution in [2.75, 3.05) is 33.9 Å². The van der Waals surface area contributed by atoms with Gasteiger partial charge in [-0.2, -0.15) is 5.10 Å². The van der Waals surface area contributed by atoms with E-state index in [9.17, 15) is 8.42 Å². The molecule has 6 nitrogen and oxygen atoms in total. The normalized spacial score (nSPS) is 15.6. The number of aromatic nitrogens is 2.